The first kappa shape index (κ1) is 13.4. The van der Waals surface area contributed by atoms with E-state index in [-0.39, 0.29) is 0 Å². The summed E-state index contributed by atoms with van der Waals surface area (Å²) in [5.41, 5.74) is 0. The minimum absolute atomic E-state index is 0.801. The molecule has 15 heavy (non-hydrogen) atoms. The molecule has 0 aliphatic heterocycles. The van der Waals surface area contributed by atoms with Gasteiger partial charge in [0.25, 0.3) is 0 Å². The van der Waals surface area contributed by atoms with E-state index in [0.717, 1.165) is 17.9 Å². The average molecular weight is 229 g/mol. The third kappa shape index (κ3) is 5.82. The van der Waals surface area contributed by atoms with Crippen molar-refractivity contribution in [3.8, 4) is 0 Å². The summed E-state index contributed by atoms with van der Waals surface area (Å²) in [5.74, 6) is 4.44. The summed E-state index contributed by atoms with van der Waals surface area (Å²) in [6.07, 6.45) is 5.55. The van der Waals surface area contributed by atoms with Gasteiger partial charge in [0.1, 0.15) is 0 Å². The van der Waals surface area contributed by atoms with Gasteiger partial charge in [-0.05, 0) is 55.6 Å². The Balaban J connectivity index is 2.04. The summed E-state index contributed by atoms with van der Waals surface area (Å²) in [5, 5.41) is 3.73. The molecule has 1 N–H and O–H groups in total. The first-order valence-electron chi connectivity index (χ1n) is 6.53. The Morgan fingerprint density at radius 2 is 1.80 bits per heavy atom. The summed E-state index contributed by atoms with van der Waals surface area (Å²) in [4.78, 5) is 0. The van der Waals surface area contributed by atoms with Crippen molar-refractivity contribution < 1.29 is 0 Å². The lowest BCUT2D eigenvalue weighted by atomic mass is 9.80. The van der Waals surface area contributed by atoms with Gasteiger partial charge in [0.15, 0.2) is 0 Å². The molecule has 0 aromatic heterocycles. The molecule has 90 valence electrons. The van der Waals surface area contributed by atoms with Gasteiger partial charge in [-0.2, -0.15) is 11.8 Å². The number of hydrogen-bond acceptors (Lipinski definition) is 2. The van der Waals surface area contributed by atoms with Crippen LogP contribution in [-0.4, -0.2) is 24.1 Å². The Morgan fingerprint density at radius 1 is 1.13 bits per heavy atom. The lowest BCUT2D eigenvalue weighted by Gasteiger charge is -2.32. The molecule has 1 aliphatic rings. The summed E-state index contributed by atoms with van der Waals surface area (Å²) >= 11 is 2.06. The minimum Gasteiger partial charge on any atom is -0.314 e. The maximum Gasteiger partial charge on any atom is 0.00721 e. The van der Waals surface area contributed by atoms with E-state index in [2.05, 4.69) is 37.8 Å². The van der Waals surface area contributed by atoms with Gasteiger partial charge in [-0.1, -0.05) is 20.8 Å². The van der Waals surface area contributed by atoms with Crippen LogP contribution < -0.4 is 5.32 Å². The standard InChI is InChI=1S/C13H27NS/c1-4-15-7-5-6-14-13-9-11(2)8-12(3)10-13/h11-14H,4-10H2,1-3H3. The van der Waals surface area contributed by atoms with Crippen molar-refractivity contribution in [1.82, 2.24) is 5.32 Å². The van der Waals surface area contributed by atoms with Crippen molar-refractivity contribution in [2.24, 2.45) is 11.8 Å². The number of thioether (sulfide) groups is 1. The Labute approximate surface area is 99.8 Å². The molecule has 1 rings (SSSR count). The van der Waals surface area contributed by atoms with Crippen molar-refractivity contribution in [3.05, 3.63) is 0 Å². The zero-order valence-corrected chi connectivity index (χ0v) is 11.4. The SMILES string of the molecule is CCSCCCNC1CC(C)CC(C)C1. The second-order valence-corrected chi connectivity index (χ2v) is 6.51. The van der Waals surface area contributed by atoms with E-state index in [1.807, 2.05) is 0 Å². The molecule has 1 fully saturated rings. The highest BCUT2D eigenvalue weighted by Gasteiger charge is 2.22. The largest absolute Gasteiger partial charge is 0.314 e. The van der Waals surface area contributed by atoms with Crippen molar-refractivity contribution >= 4 is 11.8 Å². The first-order valence-corrected chi connectivity index (χ1v) is 7.69. The third-order valence-electron chi connectivity index (χ3n) is 3.28. The van der Waals surface area contributed by atoms with E-state index in [0.29, 0.717) is 0 Å². The number of rotatable bonds is 6. The minimum atomic E-state index is 0.801. The molecule has 1 nitrogen and oxygen atoms in total. The molecule has 0 bridgehead atoms. The summed E-state index contributed by atoms with van der Waals surface area (Å²) in [7, 11) is 0. The molecule has 0 aromatic rings. The lowest BCUT2D eigenvalue weighted by Crippen LogP contribution is -2.36. The normalized spacial score (nSPS) is 31.8. The second-order valence-electron chi connectivity index (χ2n) is 5.12. The third-order valence-corrected chi connectivity index (χ3v) is 4.27. The Bertz CT molecular complexity index is 151. The molecule has 2 heteroatoms. The fraction of sp³-hybridized carbons (Fsp3) is 1.00. The molecule has 0 heterocycles. The van der Waals surface area contributed by atoms with Crippen LogP contribution in [-0.2, 0) is 0 Å². The van der Waals surface area contributed by atoms with E-state index >= 15 is 0 Å². The average Bonchev–Trinajstić information content (AvgIpc) is 2.16. The van der Waals surface area contributed by atoms with Gasteiger partial charge in [-0.25, -0.2) is 0 Å². The highest BCUT2D eigenvalue weighted by Crippen LogP contribution is 2.28. The Kier molecular flexibility index (Phi) is 6.74. The van der Waals surface area contributed by atoms with Crippen molar-refractivity contribution in [2.45, 2.75) is 52.5 Å². The highest BCUT2D eigenvalue weighted by atomic mass is 32.2. The van der Waals surface area contributed by atoms with Gasteiger partial charge in [-0.3, -0.25) is 0 Å². The van der Waals surface area contributed by atoms with Crippen LogP contribution in [0.1, 0.15) is 46.5 Å². The van der Waals surface area contributed by atoms with Gasteiger partial charge >= 0.3 is 0 Å². The Morgan fingerprint density at radius 3 is 2.40 bits per heavy atom. The van der Waals surface area contributed by atoms with Crippen LogP contribution in [0.5, 0.6) is 0 Å². The van der Waals surface area contributed by atoms with E-state index in [9.17, 15) is 0 Å². The smallest absolute Gasteiger partial charge is 0.00721 e. The zero-order chi connectivity index (χ0) is 11.1. The van der Waals surface area contributed by atoms with Crippen LogP contribution in [0.25, 0.3) is 0 Å². The van der Waals surface area contributed by atoms with Gasteiger partial charge in [0.05, 0.1) is 0 Å². The van der Waals surface area contributed by atoms with E-state index in [1.165, 1.54) is 43.7 Å². The van der Waals surface area contributed by atoms with Crippen LogP contribution in [0, 0.1) is 11.8 Å². The molecule has 1 saturated carbocycles. The van der Waals surface area contributed by atoms with Crippen LogP contribution in [0.15, 0.2) is 0 Å². The van der Waals surface area contributed by atoms with Gasteiger partial charge < -0.3 is 5.32 Å². The maximum atomic E-state index is 3.73. The molecule has 0 spiro atoms. The predicted molar refractivity (Wildman–Crippen MR) is 71.6 cm³/mol. The molecule has 1 aliphatic carbocycles. The molecule has 0 amide bonds. The monoisotopic (exact) mass is 229 g/mol. The van der Waals surface area contributed by atoms with E-state index in [4.69, 9.17) is 0 Å². The van der Waals surface area contributed by atoms with Gasteiger partial charge in [0.2, 0.25) is 0 Å². The molecule has 0 aromatic carbocycles. The van der Waals surface area contributed by atoms with Crippen molar-refractivity contribution in [2.75, 3.05) is 18.1 Å². The number of nitrogens with one attached hydrogen (secondary N) is 1. The van der Waals surface area contributed by atoms with Crippen LogP contribution in [0.4, 0.5) is 0 Å². The molecule has 2 unspecified atom stereocenters. The van der Waals surface area contributed by atoms with Gasteiger partial charge in [0, 0.05) is 6.04 Å². The molecule has 2 atom stereocenters. The fourth-order valence-electron chi connectivity index (χ4n) is 2.74. The highest BCUT2D eigenvalue weighted by molar-refractivity contribution is 7.99. The number of hydrogen-bond donors (Lipinski definition) is 1. The summed E-state index contributed by atoms with van der Waals surface area (Å²) in [6, 6.07) is 0.801. The van der Waals surface area contributed by atoms with Gasteiger partial charge in [-0.15, -0.1) is 0 Å². The molecular formula is C13H27NS. The summed E-state index contributed by atoms with van der Waals surface area (Å²) in [6.45, 7) is 8.26. The predicted octanol–water partition coefficient (Wildman–Crippen LogP) is 3.54. The van der Waals surface area contributed by atoms with Crippen LogP contribution >= 0.6 is 11.8 Å². The second kappa shape index (κ2) is 7.56. The van der Waals surface area contributed by atoms with E-state index in [1.54, 1.807) is 0 Å². The fourth-order valence-corrected chi connectivity index (χ4v) is 3.38. The van der Waals surface area contributed by atoms with Crippen molar-refractivity contribution in [3.63, 3.8) is 0 Å². The molecular weight excluding hydrogens is 202 g/mol. The topological polar surface area (TPSA) is 12.0 Å². The van der Waals surface area contributed by atoms with E-state index < -0.39 is 0 Å². The zero-order valence-electron chi connectivity index (χ0n) is 10.6. The quantitative estimate of drug-likeness (QED) is 0.699. The molecule has 0 saturated heterocycles. The van der Waals surface area contributed by atoms with Crippen molar-refractivity contribution in [1.29, 1.82) is 0 Å². The first-order chi connectivity index (χ1) is 7.22. The van der Waals surface area contributed by atoms with Crippen LogP contribution in [0.2, 0.25) is 0 Å². The lowest BCUT2D eigenvalue weighted by molar-refractivity contribution is 0.240. The molecule has 0 radical (unpaired) electrons. The summed E-state index contributed by atoms with van der Waals surface area (Å²) < 4.78 is 0. The Hall–Kier alpha value is 0.310. The van der Waals surface area contributed by atoms with Crippen LogP contribution in [0.3, 0.4) is 0 Å². The maximum absolute atomic E-state index is 3.73.